The van der Waals surface area contributed by atoms with Crippen LogP contribution in [0.4, 0.5) is 10.5 Å². The van der Waals surface area contributed by atoms with Gasteiger partial charge in [0.05, 0.1) is 13.2 Å². The van der Waals surface area contributed by atoms with E-state index in [2.05, 4.69) is 15.5 Å². The summed E-state index contributed by atoms with van der Waals surface area (Å²) in [5.74, 6) is 0.457. The van der Waals surface area contributed by atoms with Crippen LogP contribution in [0, 0.1) is 5.92 Å². The molecule has 2 N–H and O–H groups in total. The molecule has 0 spiro atoms. The summed E-state index contributed by atoms with van der Waals surface area (Å²) >= 11 is 5.96. The van der Waals surface area contributed by atoms with Crippen LogP contribution in [0.25, 0.3) is 0 Å². The van der Waals surface area contributed by atoms with E-state index in [1.807, 2.05) is 12.1 Å². The number of nitrogens with zero attached hydrogens (tertiary/aromatic N) is 2. The minimum Gasteiger partial charge on any atom is -0.379 e. The molecule has 1 aromatic rings. The number of urea groups is 1. The predicted octanol–water partition coefficient (Wildman–Crippen LogP) is 2.81. The molecule has 2 aliphatic rings. The van der Waals surface area contributed by atoms with Gasteiger partial charge in [0, 0.05) is 49.9 Å². The van der Waals surface area contributed by atoms with Crippen molar-refractivity contribution in [2.24, 2.45) is 5.92 Å². The maximum absolute atomic E-state index is 12.4. The third kappa shape index (κ3) is 7.49. The molecular formula is C21H31ClN4O3. The van der Waals surface area contributed by atoms with E-state index >= 15 is 0 Å². The third-order valence-corrected chi connectivity index (χ3v) is 5.76. The van der Waals surface area contributed by atoms with Crippen molar-refractivity contribution < 1.29 is 14.3 Å². The molecule has 0 atom stereocenters. The first-order valence-corrected chi connectivity index (χ1v) is 10.9. The average molecular weight is 423 g/mol. The Morgan fingerprint density at radius 3 is 2.62 bits per heavy atom. The molecule has 0 radical (unpaired) electrons. The Bertz CT molecular complexity index is 674. The van der Waals surface area contributed by atoms with Gasteiger partial charge in [-0.25, -0.2) is 4.79 Å². The predicted molar refractivity (Wildman–Crippen MR) is 114 cm³/mol. The second-order valence-electron chi connectivity index (χ2n) is 7.73. The quantitative estimate of drug-likeness (QED) is 0.662. The maximum atomic E-state index is 12.4. The highest BCUT2D eigenvalue weighted by molar-refractivity contribution is 6.30. The van der Waals surface area contributed by atoms with Crippen molar-refractivity contribution in [1.29, 1.82) is 0 Å². The number of rotatable bonds is 7. The Labute approximate surface area is 177 Å². The van der Waals surface area contributed by atoms with E-state index in [1.165, 1.54) is 0 Å². The normalized spacial score (nSPS) is 18.4. The molecule has 7 nitrogen and oxygen atoms in total. The Balaban J connectivity index is 1.28. The molecular weight excluding hydrogens is 392 g/mol. The van der Waals surface area contributed by atoms with E-state index in [4.69, 9.17) is 16.3 Å². The van der Waals surface area contributed by atoms with Crippen LogP contribution in [0.3, 0.4) is 0 Å². The number of carbonyl (C=O) groups is 2. The molecule has 0 bridgehead atoms. The Kier molecular flexibility index (Phi) is 8.58. The van der Waals surface area contributed by atoms with Crippen molar-refractivity contribution >= 4 is 29.2 Å². The van der Waals surface area contributed by atoms with Crippen LogP contribution in [0.15, 0.2) is 24.3 Å². The zero-order valence-electron chi connectivity index (χ0n) is 16.9. The first-order chi connectivity index (χ1) is 14.1. The van der Waals surface area contributed by atoms with Crippen LogP contribution >= 0.6 is 11.6 Å². The Morgan fingerprint density at radius 2 is 1.90 bits per heavy atom. The number of halogens is 1. The molecule has 160 valence electrons. The van der Waals surface area contributed by atoms with Gasteiger partial charge in [0.25, 0.3) is 0 Å². The van der Waals surface area contributed by atoms with Gasteiger partial charge in [0.1, 0.15) is 0 Å². The van der Waals surface area contributed by atoms with Gasteiger partial charge in [0.2, 0.25) is 5.91 Å². The van der Waals surface area contributed by atoms with Crippen LogP contribution < -0.4 is 10.6 Å². The molecule has 3 rings (SSSR count). The number of anilines is 1. The SMILES string of the molecule is O=C(CC1CCN(C(=O)Nc2cccc(Cl)c2)CC1)NCCCN1CCOCC1. The van der Waals surface area contributed by atoms with E-state index in [0.717, 1.165) is 58.7 Å². The second-order valence-corrected chi connectivity index (χ2v) is 8.17. The van der Waals surface area contributed by atoms with Gasteiger partial charge in [0.15, 0.2) is 0 Å². The fraction of sp³-hybridized carbons (Fsp3) is 0.619. The monoisotopic (exact) mass is 422 g/mol. The van der Waals surface area contributed by atoms with Crippen LogP contribution in [0.2, 0.25) is 5.02 Å². The lowest BCUT2D eigenvalue weighted by Gasteiger charge is -2.31. The van der Waals surface area contributed by atoms with Crippen molar-refractivity contribution in [2.45, 2.75) is 25.7 Å². The molecule has 2 fully saturated rings. The molecule has 29 heavy (non-hydrogen) atoms. The number of carbonyl (C=O) groups excluding carboxylic acids is 2. The van der Waals surface area contributed by atoms with Crippen molar-refractivity contribution in [3.8, 4) is 0 Å². The lowest BCUT2D eigenvalue weighted by atomic mass is 9.93. The number of hydrogen-bond acceptors (Lipinski definition) is 4. The minimum absolute atomic E-state index is 0.113. The van der Waals surface area contributed by atoms with Gasteiger partial charge in [-0.3, -0.25) is 9.69 Å². The topological polar surface area (TPSA) is 73.9 Å². The standard InChI is InChI=1S/C21H31ClN4O3/c22-18-3-1-4-19(16-18)24-21(28)26-9-5-17(6-10-26)15-20(27)23-7-2-8-25-11-13-29-14-12-25/h1,3-4,16-17H,2,5-15H2,(H,23,27)(H,24,28). The summed E-state index contributed by atoms with van der Waals surface area (Å²) < 4.78 is 5.34. The van der Waals surface area contributed by atoms with E-state index in [1.54, 1.807) is 17.0 Å². The lowest BCUT2D eigenvalue weighted by Crippen LogP contribution is -2.42. The number of morpholine rings is 1. The third-order valence-electron chi connectivity index (χ3n) is 5.53. The van der Waals surface area contributed by atoms with Crippen molar-refractivity contribution in [2.75, 3.05) is 57.8 Å². The van der Waals surface area contributed by atoms with Gasteiger partial charge in [-0.1, -0.05) is 17.7 Å². The molecule has 2 heterocycles. The second kappa shape index (κ2) is 11.4. The summed E-state index contributed by atoms with van der Waals surface area (Å²) in [6.07, 6.45) is 3.21. The number of hydrogen-bond donors (Lipinski definition) is 2. The van der Waals surface area contributed by atoms with Gasteiger partial charge in [-0.15, -0.1) is 0 Å². The molecule has 1 aromatic carbocycles. The van der Waals surface area contributed by atoms with E-state index in [9.17, 15) is 9.59 Å². The fourth-order valence-corrected chi connectivity index (χ4v) is 3.99. The highest BCUT2D eigenvalue weighted by atomic mass is 35.5. The average Bonchev–Trinajstić information content (AvgIpc) is 2.72. The summed E-state index contributed by atoms with van der Waals surface area (Å²) in [4.78, 5) is 28.8. The summed E-state index contributed by atoms with van der Waals surface area (Å²) in [7, 11) is 0. The summed E-state index contributed by atoms with van der Waals surface area (Å²) in [5.41, 5.74) is 0.695. The van der Waals surface area contributed by atoms with Gasteiger partial charge in [-0.05, 0) is 49.9 Å². The number of nitrogens with one attached hydrogen (secondary N) is 2. The number of benzene rings is 1. The van der Waals surface area contributed by atoms with Crippen molar-refractivity contribution in [1.82, 2.24) is 15.1 Å². The Morgan fingerprint density at radius 1 is 1.14 bits per heavy atom. The highest BCUT2D eigenvalue weighted by Gasteiger charge is 2.24. The van der Waals surface area contributed by atoms with Gasteiger partial charge < -0.3 is 20.3 Å². The summed E-state index contributed by atoms with van der Waals surface area (Å²) in [6.45, 7) is 6.64. The molecule has 0 aromatic heterocycles. The van der Waals surface area contributed by atoms with E-state index < -0.39 is 0 Å². The van der Waals surface area contributed by atoms with Gasteiger partial charge in [-0.2, -0.15) is 0 Å². The number of piperidine rings is 1. The van der Waals surface area contributed by atoms with Crippen LogP contribution in [0.1, 0.15) is 25.7 Å². The van der Waals surface area contributed by atoms with E-state index in [0.29, 0.717) is 36.1 Å². The maximum Gasteiger partial charge on any atom is 0.321 e. The molecule has 0 aliphatic carbocycles. The molecule has 3 amide bonds. The Hall–Kier alpha value is -1.83. The van der Waals surface area contributed by atoms with Crippen LogP contribution in [-0.2, 0) is 9.53 Å². The number of ether oxygens (including phenoxy) is 1. The molecule has 2 aliphatic heterocycles. The smallest absolute Gasteiger partial charge is 0.321 e. The van der Waals surface area contributed by atoms with Gasteiger partial charge >= 0.3 is 6.03 Å². The minimum atomic E-state index is -0.113. The van der Waals surface area contributed by atoms with Crippen molar-refractivity contribution in [3.63, 3.8) is 0 Å². The van der Waals surface area contributed by atoms with E-state index in [-0.39, 0.29) is 11.9 Å². The largest absolute Gasteiger partial charge is 0.379 e. The number of likely N-dealkylation sites (tertiary alicyclic amines) is 1. The molecule has 8 heteroatoms. The van der Waals surface area contributed by atoms with Crippen molar-refractivity contribution in [3.05, 3.63) is 29.3 Å². The lowest BCUT2D eigenvalue weighted by molar-refractivity contribution is -0.122. The summed E-state index contributed by atoms with van der Waals surface area (Å²) in [6, 6.07) is 7.02. The zero-order valence-corrected chi connectivity index (χ0v) is 17.6. The highest BCUT2D eigenvalue weighted by Crippen LogP contribution is 2.22. The zero-order chi connectivity index (χ0) is 20.5. The summed E-state index contributed by atoms with van der Waals surface area (Å²) in [5, 5.41) is 6.51. The van der Waals surface area contributed by atoms with Crippen LogP contribution in [-0.4, -0.2) is 74.2 Å². The molecule has 2 saturated heterocycles. The molecule has 0 unspecified atom stereocenters. The number of amides is 3. The fourth-order valence-electron chi connectivity index (χ4n) is 3.80. The first-order valence-electron chi connectivity index (χ1n) is 10.5. The first kappa shape index (κ1) is 21.9. The van der Waals surface area contributed by atoms with Crippen LogP contribution in [0.5, 0.6) is 0 Å². The molecule has 0 saturated carbocycles.